The highest BCUT2D eigenvalue weighted by Crippen LogP contribution is 2.12. The van der Waals surface area contributed by atoms with E-state index < -0.39 is 0 Å². The summed E-state index contributed by atoms with van der Waals surface area (Å²) in [7, 11) is 0. The first-order valence-electron chi connectivity index (χ1n) is 2.58. The maximum atomic E-state index is 4.98. The van der Waals surface area contributed by atoms with Gasteiger partial charge in [-0.05, 0) is 25.0 Å². The van der Waals surface area contributed by atoms with Crippen molar-refractivity contribution in [2.75, 3.05) is 0 Å². The van der Waals surface area contributed by atoms with Gasteiger partial charge >= 0.3 is 0 Å². The molecule has 0 spiro atoms. The van der Waals surface area contributed by atoms with Gasteiger partial charge in [-0.3, -0.25) is 0 Å². The summed E-state index contributed by atoms with van der Waals surface area (Å²) < 4.78 is 4.98. The van der Waals surface area contributed by atoms with E-state index in [4.69, 9.17) is 4.42 Å². The van der Waals surface area contributed by atoms with Crippen molar-refractivity contribution in [2.45, 2.75) is 13.8 Å². The van der Waals surface area contributed by atoms with Gasteiger partial charge in [0.1, 0.15) is 5.76 Å². The molecule has 0 aliphatic heterocycles. The van der Waals surface area contributed by atoms with Crippen LogP contribution in [0.4, 0.5) is 0 Å². The Hall–Kier alpha value is -0.720. The molecular weight excluding hydrogens is 100 g/mol. The van der Waals surface area contributed by atoms with Crippen LogP contribution in [-0.2, 0) is 0 Å². The van der Waals surface area contributed by atoms with E-state index in [0.29, 0.717) is 0 Å². The molecule has 0 bridgehead atoms. The second-order valence-corrected chi connectivity index (χ2v) is 1.97. The summed E-state index contributed by atoms with van der Waals surface area (Å²) in [5, 5.41) is 0. The zero-order valence-corrected chi connectivity index (χ0v) is 5.19. The molecule has 0 atom stereocenters. The Labute approximate surface area is 49.3 Å². The summed E-state index contributed by atoms with van der Waals surface area (Å²) in [5.41, 5.74) is 2.33. The van der Waals surface area contributed by atoms with E-state index in [2.05, 4.69) is 6.92 Å². The Balaban J connectivity index is 3.19. The fraction of sp³-hybridized carbons (Fsp3) is 0.286. The molecule has 43 valence electrons. The van der Waals surface area contributed by atoms with Gasteiger partial charge in [-0.2, -0.15) is 0 Å². The first kappa shape index (κ1) is 5.42. The maximum Gasteiger partial charge on any atom is 0.107 e. The predicted octanol–water partition coefficient (Wildman–Crippen LogP) is 2.08. The standard InChI is InChI=1S/C7H9O/c1-5-4-8-7(3)6(5)2/h4H,3H2,1-2H3. The van der Waals surface area contributed by atoms with Gasteiger partial charge in [-0.15, -0.1) is 0 Å². The van der Waals surface area contributed by atoms with Crippen LogP contribution in [0.25, 0.3) is 0 Å². The van der Waals surface area contributed by atoms with Crippen LogP contribution in [0.1, 0.15) is 16.9 Å². The van der Waals surface area contributed by atoms with E-state index in [9.17, 15) is 0 Å². The minimum atomic E-state index is 0.780. The summed E-state index contributed by atoms with van der Waals surface area (Å²) in [4.78, 5) is 0. The van der Waals surface area contributed by atoms with E-state index in [-0.39, 0.29) is 0 Å². The molecule has 1 heteroatoms. The molecular formula is C7H9O. The topological polar surface area (TPSA) is 13.1 Å². The number of hydrogen-bond acceptors (Lipinski definition) is 1. The lowest BCUT2D eigenvalue weighted by Gasteiger charge is -1.83. The highest BCUT2D eigenvalue weighted by Gasteiger charge is 1.97. The molecule has 1 nitrogen and oxygen atoms in total. The first-order valence-corrected chi connectivity index (χ1v) is 2.58. The molecule has 0 N–H and O–H groups in total. The fourth-order valence-electron chi connectivity index (χ4n) is 0.556. The van der Waals surface area contributed by atoms with Crippen LogP contribution in [0.5, 0.6) is 0 Å². The van der Waals surface area contributed by atoms with Crippen molar-refractivity contribution in [1.29, 1.82) is 0 Å². The van der Waals surface area contributed by atoms with E-state index in [1.807, 2.05) is 13.8 Å². The van der Waals surface area contributed by atoms with Gasteiger partial charge in [0, 0.05) is 6.92 Å². The lowest BCUT2D eigenvalue weighted by Crippen LogP contribution is -1.71. The predicted molar refractivity (Wildman–Crippen MR) is 32.6 cm³/mol. The molecule has 0 amide bonds. The van der Waals surface area contributed by atoms with Crippen LogP contribution in [0.2, 0.25) is 0 Å². The molecule has 8 heavy (non-hydrogen) atoms. The van der Waals surface area contributed by atoms with Crippen molar-refractivity contribution in [3.05, 3.63) is 30.1 Å². The van der Waals surface area contributed by atoms with Gasteiger partial charge < -0.3 is 4.42 Å². The van der Waals surface area contributed by atoms with Crippen molar-refractivity contribution >= 4 is 0 Å². The monoisotopic (exact) mass is 109 g/mol. The SMILES string of the molecule is [CH2]c1occ(C)c1C. The second-order valence-electron chi connectivity index (χ2n) is 1.97. The summed E-state index contributed by atoms with van der Waals surface area (Å²) in [6, 6.07) is 0. The van der Waals surface area contributed by atoms with Crippen molar-refractivity contribution in [3.63, 3.8) is 0 Å². The molecule has 0 aliphatic rings. The minimum absolute atomic E-state index is 0.780. The third kappa shape index (κ3) is 0.641. The van der Waals surface area contributed by atoms with Crippen LogP contribution in [0, 0.1) is 20.8 Å². The Morgan fingerprint density at radius 1 is 1.50 bits per heavy atom. The third-order valence-electron chi connectivity index (χ3n) is 1.39. The summed E-state index contributed by atoms with van der Waals surface area (Å²) in [5.74, 6) is 0.780. The lowest BCUT2D eigenvalue weighted by atomic mass is 10.2. The zero-order valence-electron chi connectivity index (χ0n) is 5.19. The van der Waals surface area contributed by atoms with Crippen molar-refractivity contribution < 1.29 is 4.42 Å². The largest absolute Gasteiger partial charge is 0.469 e. The Bertz CT molecular complexity index is 167. The fourth-order valence-corrected chi connectivity index (χ4v) is 0.556. The molecule has 0 aromatic carbocycles. The Morgan fingerprint density at radius 2 is 2.12 bits per heavy atom. The van der Waals surface area contributed by atoms with Gasteiger partial charge in [0.15, 0.2) is 0 Å². The van der Waals surface area contributed by atoms with E-state index in [1.165, 1.54) is 5.56 Å². The second kappa shape index (κ2) is 1.66. The quantitative estimate of drug-likeness (QED) is 0.497. The van der Waals surface area contributed by atoms with Crippen LogP contribution < -0.4 is 0 Å². The van der Waals surface area contributed by atoms with Crippen LogP contribution in [0.3, 0.4) is 0 Å². The van der Waals surface area contributed by atoms with Crippen LogP contribution in [-0.4, -0.2) is 0 Å². The van der Waals surface area contributed by atoms with Gasteiger partial charge in [0.2, 0.25) is 0 Å². The third-order valence-corrected chi connectivity index (χ3v) is 1.39. The Kier molecular flexibility index (Phi) is 1.12. The summed E-state index contributed by atoms with van der Waals surface area (Å²) in [6.07, 6.45) is 1.72. The molecule has 1 aromatic rings. The van der Waals surface area contributed by atoms with Gasteiger partial charge in [-0.1, -0.05) is 0 Å². The van der Waals surface area contributed by atoms with Crippen molar-refractivity contribution in [1.82, 2.24) is 0 Å². The Morgan fingerprint density at radius 3 is 2.25 bits per heavy atom. The molecule has 1 heterocycles. The van der Waals surface area contributed by atoms with Gasteiger partial charge in [0.25, 0.3) is 0 Å². The normalized spacial score (nSPS) is 9.88. The molecule has 1 aromatic heterocycles. The maximum absolute atomic E-state index is 4.98. The molecule has 0 unspecified atom stereocenters. The lowest BCUT2D eigenvalue weighted by molar-refractivity contribution is 0.545. The zero-order chi connectivity index (χ0) is 6.15. The van der Waals surface area contributed by atoms with E-state index in [1.54, 1.807) is 6.26 Å². The van der Waals surface area contributed by atoms with Gasteiger partial charge in [0.05, 0.1) is 6.26 Å². The highest BCUT2D eigenvalue weighted by molar-refractivity contribution is 5.26. The molecule has 0 saturated carbocycles. The molecule has 0 fully saturated rings. The molecule has 0 aliphatic carbocycles. The van der Waals surface area contributed by atoms with Crippen molar-refractivity contribution in [3.8, 4) is 0 Å². The van der Waals surface area contributed by atoms with Crippen LogP contribution >= 0.6 is 0 Å². The first-order chi connectivity index (χ1) is 3.72. The molecule has 0 saturated heterocycles. The summed E-state index contributed by atoms with van der Waals surface area (Å²) >= 11 is 0. The number of aryl methyl sites for hydroxylation is 1. The number of furan rings is 1. The number of hydrogen-bond donors (Lipinski definition) is 0. The average molecular weight is 109 g/mol. The van der Waals surface area contributed by atoms with E-state index >= 15 is 0 Å². The van der Waals surface area contributed by atoms with E-state index in [0.717, 1.165) is 11.3 Å². The average Bonchev–Trinajstić information content (AvgIpc) is 1.98. The van der Waals surface area contributed by atoms with Gasteiger partial charge in [-0.25, -0.2) is 0 Å². The highest BCUT2D eigenvalue weighted by atomic mass is 16.3. The van der Waals surface area contributed by atoms with Crippen molar-refractivity contribution in [2.24, 2.45) is 0 Å². The molecule has 1 radical (unpaired) electrons. The summed E-state index contributed by atoms with van der Waals surface area (Å²) in [6.45, 7) is 7.68. The smallest absolute Gasteiger partial charge is 0.107 e. The molecule has 1 rings (SSSR count). The van der Waals surface area contributed by atoms with Crippen LogP contribution in [0.15, 0.2) is 10.7 Å². The number of rotatable bonds is 0. The minimum Gasteiger partial charge on any atom is -0.469 e.